The molecule has 1 fully saturated rings. The van der Waals surface area contributed by atoms with E-state index in [0.717, 1.165) is 12.8 Å². The number of rotatable bonds is 3. The van der Waals surface area contributed by atoms with Gasteiger partial charge in [-0.25, -0.2) is 8.42 Å². The first-order valence-electron chi connectivity index (χ1n) is 6.42. The highest BCUT2D eigenvalue weighted by Gasteiger charge is 2.36. The van der Waals surface area contributed by atoms with Crippen LogP contribution in [0.2, 0.25) is 5.02 Å². The second kappa shape index (κ2) is 5.61. The Bertz CT molecular complexity index is 604. The van der Waals surface area contributed by atoms with Crippen molar-refractivity contribution >= 4 is 33.0 Å². The summed E-state index contributed by atoms with van der Waals surface area (Å²) in [6, 6.07) is 4.49. The molecule has 1 aliphatic rings. The molecule has 7 heteroatoms. The predicted molar refractivity (Wildman–Crippen MR) is 78.3 cm³/mol. The molecule has 1 saturated heterocycles. The molecule has 0 bridgehead atoms. The van der Waals surface area contributed by atoms with Crippen LogP contribution in [-0.4, -0.2) is 37.6 Å². The van der Waals surface area contributed by atoms with Gasteiger partial charge in [0.05, 0.1) is 10.7 Å². The van der Waals surface area contributed by atoms with Crippen LogP contribution < -0.4 is 5.73 Å². The van der Waals surface area contributed by atoms with Gasteiger partial charge in [0.15, 0.2) is 9.84 Å². The van der Waals surface area contributed by atoms with E-state index in [1.54, 1.807) is 11.0 Å². The SMILES string of the molecule is CC(C(=O)N1CCCC1)S(=O)(=O)c1c(N)cccc1Cl. The van der Waals surface area contributed by atoms with Crippen molar-refractivity contribution in [1.82, 2.24) is 4.90 Å². The Kier molecular flexibility index (Phi) is 4.25. The number of carbonyl (C=O) groups excluding carboxylic acids is 1. The lowest BCUT2D eigenvalue weighted by Crippen LogP contribution is -2.40. The fraction of sp³-hybridized carbons (Fsp3) is 0.462. The van der Waals surface area contributed by atoms with E-state index in [9.17, 15) is 13.2 Å². The van der Waals surface area contributed by atoms with Crippen molar-refractivity contribution in [3.05, 3.63) is 23.2 Å². The molecular formula is C13H17ClN2O3S. The average Bonchev–Trinajstić information content (AvgIpc) is 2.90. The fourth-order valence-electron chi connectivity index (χ4n) is 2.33. The summed E-state index contributed by atoms with van der Waals surface area (Å²) in [5, 5.41) is -1.13. The van der Waals surface area contributed by atoms with Crippen molar-refractivity contribution in [2.24, 2.45) is 0 Å². The highest BCUT2D eigenvalue weighted by Crippen LogP contribution is 2.31. The molecule has 1 aromatic rings. The van der Waals surface area contributed by atoms with Crippen LogP contribution in [-0.2, 0) is 14.6 Å². The number of hydrogen-bond acceptors (Lipinski definition) is 4. The largest absolute Gasteiger partial charge is 0.398 e. The monoisotopic (exact) mass is 316 g/mol. The van der Waals surface area contributed by atoms with Crippen LogP contribution in [0.4, 0.5) is 5.69 Å². The average molecular weight is 317 g/mol. The molecule has 1 atom stereocenters. The van der Waals surface area contributed by atoms with Gasteiger partial charge >= 0.3 is 0 Å². The van der Waals surface area contributed by atoms with Crippen molar-refractivity contribution in [1.29, 1.82) is 0 Å². The molecule has 2 rings (SSSR count). The van der Waals surface area contributed by atoms with Crippen molar-refractivity contribution in [2.75, 3.05) is 18.8 Å². The van der Waals surface area contributed by atoms with Crippen molar-refractivity contribution in [3.8, 4) is 0 Å². The third kappa shape index (κ3) is 2.62. The third-order valence-corrected chi connectivity index (χ3v) is 6.10. The van der Waals surface area contributed by atoms with Crippen molar-refractivity contribution < 1.29 is 13.2 Å². The minimum atomic E-state index is -3.89. The Balaban J connectivity index is 2.37. The van der Waals surface area contributed by atoms with Crippen LogP contribution in [0.5, 0.6) is 0 Å². The number of hydrogen-bond donors (Lipinski definition) is 1. The second-order valence-corrected chi connectivity index (χ2v) is 7.49. The Morgan fingerprint density at radius 3 is 2.50 bits per heavy atom. The molecule has 110 valence electrons. The summed E-state index contributed by atoms with van der Waals surface area (Å²) >= 11 is 5.94. The van der Waals surface area contributed by atoms with Gasteiger partial charge in [0.25, 0.3) is 0 Å². The predicted octanol–water partition coefficient (Wildman–Crippen LogP) is 1.71. The number of amides is 1. The molecule has 1 unspecified atom stereocenters. The number of halogens is 1. The molecule has 1 aromatic carbocycles. The van der Waals surface area contributed by atoms with E-state index in [2.05, 4.69) is 0 Å². The first-order valence-corrected chi connectivity index (χ1v) is 8.35. The van der Waals surface area contributed by atoms with Gasteiger partial charge in [-0.1, -0.05) is 17.7 Å². The molecule has 0 spiro atoms. The summed E-state index contributed by atoms with van der Waals surface area (Å²) in [7, 11) is -3.89. The highest BCUT2D eigenvalue weighted by atomic mass is 35.5. The zero-order chi connectivity index (χ0) is 14.9. The van der Waals surface area contributed by atoms with Crippen LogP contribution in [0.15, 0.2) is 23.1 Å². The number of sulfone groups is 1. The van der Waals surface area contributed by atoms with Gasteiger partial charge in [0.1, 0.15) is 10.1 Å². The van der Waals surface area contributed by atoms with Gasteiger partial charge in [0, 0.05) is 13.1 Å². The zero-order valence-corrected chi connectivity index (χ0v) is 12.7. The quantitative estimate of drug-likeness (QED) is 0.861. The first-order chi connectivity index (χ1) is 9.35. The molecule has 1 heterocycles. The van der Waals surface area contributed by atoms with E-state index in [0.29, 0.717) is 13.1 Å². The van der Waals surface area contributed by atoms with E-state index < -0.39 is 15.1 Å². The maximum absolute atomic E-state index is 12.6. The van der Waals surface area contributed by atoms with E-state index in [1.165, 1.54) is 19.1 Å². The van der Waals surface area contributed by atoms with Gasteiger partial charge in [-0.2, -0.15) is 0 Å². The minimum Gasteiger partial charge on any atom is -0.398 e. The third-order valence-electron chi connectivity index (χ3n) is 3.51. The topological polar surface area (TPSA) is 80.5 Å². The van der Waals surface area contributed by atoms with Crippen LogP contribution in [0, 0.1) is 0 Å². The summed E-state index contributed by atoms with van der Waals surface area (Å²) in [5.41, 5.74) is 5.78. The molecule has 20 heavy (non-hydrogen) atoms. The lowest BCUT2D eigenvalue weighted by Gasteiger charge is -2.21. The smallest absolute Gasteiger partial charge is 0.241 e. The van der Waals surface area contributed by atoms with Crippen molar-refractivity contribution in [2.45, 2.75) is 29.9 Å². The van der Waals surface area contributed by atoms with Gasteiger partial charge < -0.3 is 10.6 Å². The highest BCUT2D eigenvalue weighted by molar-refractivity contribution is 7.93. The van der Waals surface area contributed by atoms with E-state index in [1.807, 2.05) is 0 Å². The Labute approximate surface area is 123 Å². The van der Waals surface area contributed by atoms with Gasteiger partial charge in [-0.15, -0.1) is 0 Å². The van der Waals surface area contributed by atoms with Gasteiger partial charge in [-0.3, -0.25) is 4.79 Å². The molecule has 0 saturated carbocycles. The normalized spacial score (nSPS) is 17.2. The lowest BCUT2D eigenvalue weighted by molar-refractivity contribution is -0.129. The number of carbonyl (C=O) groups is 1. The number of benzene rings is 1. The number of nitrogens with two attached hydrogens (primary N) is 1. The van der Waals surface area contributed by atoms with Crippen LogP contribution in [0.3, 0.4) is 0 Å². The summed E-state index contributed by atoms with van der Waals surface area (Å²) in [5.74, 6) is -0.387. The maximum atomic E-state index is 12.6. The van der Waals surface area contributed by atoms with E-state index >= 15 is 0 Å². The summed E-state index contributed by atoms with van der Waals surface area (Å²) < 4.78 is 25.1. The summed E-state index contributed by atoms with van der Waals surface area (Å²) in [6.45, 7) is 2.60. The van der Waals surface area contributed by atoms with Crippen LogP contribution >= 0.6 is 11.6 Å². The van der Waals surface area contributed by atoms with Crippen LogP contribution in [0.25, 0.3) is 0 Å². The number of nitrogen functional groups attached to an aromatic ring is 1. The molecule has 2 N–H and O–H groups in total. The summed E-state index contributed by atoms with van der Waals surface area (Å²) in [4.78, 5) is 13.7. The zero-order valence-electron chi connectivity index (χ0n) is 11.2. The Morgan fingerprint density at radius 2 is 1.95 bits per heavy atom. The molecule has 5 nitrogen and oxygen atoms in total. The van der Waals surface area contributed by atoms with Gasteiger partial charge in [-0.05, 0) is 31.9 Å². The van der Waals surface area contributed by atoms with Crippen molar-refractivity contribution in [3.63, 3.8) is 0 Å². The molecule has 0 aliphatic carbocycles. The van der Waals surface area contributed by atoms with E-state index in [-0.39, 0.29) is 21.5 Å². The Morgan fingerprint density at radius 1 is 1.35 bits per heavy atom. The second-order valence-electron chi connectivity index (χ2n) is 4.88. The molecular weight excluding hydrogens is 300 g/mol. The molecule has 0 aromatic heterocycles. The minimum absolute atomic E-state index is 0.0473. The first kappa shape index (κ1) is 15.1. The molecule has 1 aliphatic heterocycles. The number of likely N-dealkylation sites (tertiary alicyclic amines) is 1. The van der Waals surface area contributed by atoms with E-state index in [4.69, 9.17) is 17.3 Å². The molecule has 0 radical (unpaired) electrons. The maximum Gasteiger partial charge on any atom is 0.241 e. The van der Waals surface area contributed by atoms with Crippen LogP contribution in [0.1, 0.15) is 19.8 Å². The number of anilines is 1. The standard InChI is InChI=1S/C13H17ClN2O3S/c1-9(13(17)16-7-2-3-8-16)20(18,19)12-10(14)5-4-6-11(12)15/h4-6,9H,2-3,7-8,15H2,1H3. The fourth-order valence-corrected chi connectivity index (χ4v) is 4.34. The lowest BCUT2D eigenvalue weighted by atomic mass is 10.3. The Hall–Kier alpha value is -1.27. The number of nitrogens with zero attached hydrogens (tertiary/aromatic N) is 1. The molecule has 1 amide bonds. The van der Waals surface area contributed by atoms with Gasteiger partial charge in [0.2, 0.25) is 5.91 Å². The summed E-state index contributed by atoms with van der Waals surface area (Å²) in [6.07, 6.45) is 1.82.